The van der Waals surface area contributed by atoms with Gasteiger partial charge in [0.15, 0.2) is 0 Å². The summed E-state index contributed by atoms with van der Waals surface area (Å²) in [7, 11) is -2.32. The molecule has 4 fully saturated rings. The number of unbranched alkanes of at least 4 members (excludes halogenated alkanes) is 15. The molecule has 0 aromatic rings. The molecule has 4 saturated carbocycles. The van der Waals surface area contributed by atoms with Crippen molar-refractivity contribution in [1.29, 1.82) is 0 Å². The van der Waals surface area contributed by atoms with E-state index in [1.54, 1.807) is 0 Å². The Morgan fingerprint density at radius 2 is 1.35 bits per heavy atom. The molecule has 0 radical (unpaired) electrons. The van der Waals surface area contributed by atoms with Gasteiger partial charge in [0.1, 0.15) is 6.29 Å². The molecule has 62 heavy (non-hydrogen) atoms. The van der Waals surface area contributed by atoms with Gasteiger partial charge in [-0.1, -0.05) is 126 Å². The molecule has 4 rings (SSSR count). The Morgan fingerprint density at radius 1 is 0.758 bits per heavy atom. The largest absolute Gasteiger partial charge is 0.481 e. The van der Waals surface area contributed by atoms with Crippen molar-refractivity contribution in [1.82, 2.24) is 0 Å². The summed E-state index contributed by atoms with van der Waals surface area (Å²) in [6.07, 6.45) is 43.2. The van der Waals surface area contributed by atoms with Gasteiger partial charge in [-0.25, -0.2) is 0 Å². The average molecular weight is 950 g/mol. The number of rotatable bonds is 33. The van der Waals surface area contributed by atoms with Gasteiger partial charge in [0.25, 0.3) is 0 Å². The Hall–Kier alpha value is -0.213. The van der Waals surface area contributed by atoms with Crippen LogP contribution in [0.5, 0.6) is 0 Å². The van der Waals surface area contributed by atoms with Crippen LogP contribution in [0.1, 0.15) is 234 Å². The van der Waals surface area contributed by atoms with Gasteiger partial charge < -0.3 is 18.7 Å². The number of carbonyl (C=O) groups is 1. The van der Waals surface area contributed by atoms with E-state index < -0.39 is 19.9 Å². The first-order chi connectivity index (χ1) is 29.7. The minimum atomic E-state index is -2.32. The van der Waals surface area contributed by atoms with E-state index in [9.17, 15) is 9.90 Å². The highest BCUT2D eigenvalue weighted by molar-refractivity contribution is 9.09. The van der Waals surface area contributed by atoms with Crippen LogP contribution in [0.4, 0.5) is 0 Å². The SMILES string of the molecule is CCCCCCCC/C=C\CCCCCCCCOC(CC[C@@H](C)C1CCC2C3CCC4C[C@H](CC(C)(C)C(=O)O)CC[C@]4(C)C3CC[C@@]21C)O[Si](C)(C)OCCCCCCBr. The fourth-order valence-electron chi connectivity index (χ4n) is 13.9. The van der Waals surface area contributed by atoms with E-state index in [0.717, 1.165) is 73.8 Å². The smallest absolute Gasteiger partial charge is 0.333 e. The predicted molar refractivity (Wildman–Crippen MR) is 269 cm³/mol. The van der Waals surface area contributed by atoms with Crippen LogP contribution in [0, 0.1) is 57.7 Å². The Morgan fingerprint density at radius 3 is 2.02 bits per heavy atom. The van der Waals surface area contributed by atoms with Gasteiger partial charge in [0, 0.05) is 18.5 Å². The lowest BCUT2D eigenvalue weighted by Crippen LogP contribution is -2.54. The van der Waals surface area contributed by atoms with Crippen molar-refractivity contribution in [3.63, 3.8) is 0 Å². The summed E-state index contributed by atoms with van der Waals surface area (Å²) in [5.74, 6) is 4.75. The maximum atomic E-state index is 12.0. The molecule has 4 aliphatic carbocycles. The van der Waals surface area contributed by atoms with Gasteiger partial charge in [0.05, 0.1) is 5.41 Å². The highest BCUT2D eigenvalue weighted by Gasteiger charge is 2.60. The van der Waals surface area contributed by atoms with Gasteiger partial charge in [-0.05, 0) is 201 Å². The monoisotopic (exact) mass is 949 g/mol. The molecule has 0 bridgehead atoms. The Labute approximate surface area is 394 Å². The van der Waals surface area contributed by atoms with Crippen LogP contribution in [0.15, 0.2) is 12.2 Å². The van der Waals surface area contributed by atoms with Crippen LogP contribution >= 0.6 is 15.9 Å². The fraction of sp³-hybridized carbons (Fsp3) is 0.945. The zero-order chi connectivity index (χ0) is 45.1. The van der Waals surface area contributed by atoms with Crippen molar-refractivity contribution in [2.75, 3.05) is 18.5 Å². The highest BCUT2D eigenvalue weighted by atomic mass is 79.9. The Bertz CT molecular complexity index is 1270. The molecule has 362 valence electrons. The molecule has 0 spiro atoms. The van der Waals surface area contributed by atoms with Crippen molar-refractivity contribution in [3.8, 4) is 0 Å². The van der Waals surface area contributed by atoms with E-state index in [1.807, 2.05) is 13.8 Å². The second-order valence-corrected chi connectivity index (χ2v) is 27.3. The van der Waals surface area contributed by atoms with Crippen LogP contribution in [-0.2, 0) is 18.4 Å². The first kappa shape index (κ1) is 54.4. The fourth-order valence-corrected chi connectivity index (χ4v) is 15.8. The Balaban J connectivity index is 1.23. The molecule has 1 N–H and O–H groups in total. The van der Waals surface area contributed by atoms with E-state index in [1.165, 1.54) is 167 Å². The topological polar surface area (TPSA) is 65.0 Å². The number of hydrogen-bond acceptors (Lipinski definition) is 4. The van der Waals surface area contributed by atoms with E-state index >= 15 is 0 Å². The summed E-state index contributed by atoms with van der Waals surface area (Å²) in [6.45, 7) is 20.2. The summed E-state index contributed by atoms with van der Waals surface area (Å²) >= 11 is 3.57. The first-order valence-corrected chi connectivity index (χ1v) is 31.0. The van der Waals surface area contributed by atoms with Gasteiger partial charge >= 0.3 is 14.5 Å². The number of aliphatic carboxylic acids is 1. The number of hydrogen-bond donors (Lipinski definition) is 1. The lowest BCUT2D eigenvalue weighted by Gasteiger charge is -2.61. The van der Waals surface area contributed by atoms with Crippen LogP contribution in [0.3, 0.4) is 0 Å². The van der Waals surface area contributed by atoms with Crippen molar-refractivity contribution in [3.05, 3.63) is 12.2 Å². The maximum absolute atomic E-state index is 12.0. The lowest BCUT2D eigenvalue weighted by molar-refractivity contribution is -0.149. The zero-order valence-corrected chi connectivity index (χ0v) is 44.7. The summed E-state index contributed by atoms with van der Waals surface area (Å²) in [4.78, 5) is 12.0. The minimum Gasteiger partial charge on any atom is -0.481 e. The molecule has 0 saturated heterocycles. The normalized spacial score (nSPS) is 30.0. The number of ether oxygens (including phenoxy) is 1. The van der Waals surface area contributed by atoms with Gasteiger partial charge in [-0.15, -0.1) is 0 Å². The van der Waals surface area contributed by atoms with E-state index in [-0.39, 0.29) is 6.29 Å². The summed E-state index contributed by atoms with van der Waals surface area (Å²) in [5.41, 5.74) is 0.272. The van der Waals surface area contributed by atoms with E-state index in [4.69, 9.17) is 13.6 Å². The molecule has 0 aliphatic heterocycles. The lowest BCUT2D eigenvalue weighted by atomic mass is 9.43. The zero-order valence-electron chi connectivity index (χ0n) is 42.1. The van der Waals surface area contributed by atoms with Crippen LogP contribution in [0.25, 0.3) is 0 Å². The number of fused-ring (bicyclic) bond motifs is 5. The third-order valence-corrected chi connectivity index (χ3v) is 19.9. The van der Waals surface area contributed by atoms with Crippen LogP contribution in [0.2, 0.25) is 13.1 Å². The summed E-state index contributed by atoms with van der Waals surface area (Å²) in [6, 6.07) is 0. The Kier molecular flexibility index (Phi) is 24.2. The van der Waals surface area contributed by atoms with Crippen LogP contribution < -0.4 is 0 Å². The summed E-state index contributed by atoms with van der Waals surface area (Å²) in [5, 5.41) is 10.9. The van der Waals surface area contributed by atoms with Gasteiger partial charge in [-0.3, -0.25) is 4.79 Å². The van der Waals surface area contributed by atoms with Crippen molar-refractivity contribution in [2.24, 2.45) is 57.7 Å². The third-order valence-electron chi connectivity index (χ3n) is 17.6. The van der Waals surface area contributed by atoms with Crippen molar-refractivity contribution >= 4 is 30.5 Å². The second-order valence-electron chi connectivity index (χ2n) is 23.2. The molecule has 10 atom stereocenters. The molecule has 0 aromatic heterocycles. The molecule has 0 heterocycles. The molecule has 0 amide bonds. The molecule has 6 unspecified atom stereocenters. The van der Waals surface area contributed by atoms with Gasteiger partial charge in [-0.2, -0.15) is 0 Å². The predicted octanol–water partition coefficient (Wildman–Crippen LogP) is 17.2. The molecular weight excluding hydrogens is 849 g/mol. The minimum absolute atomic E-state index is 0.164. The number of carboxylic acids is 1. The van der Waals surface area contributed by atoms with Gasteiger partial charge in [0.2, 0.25) is 0 Å². The number of alkyl halides is 1. The molecule has 5 nitrogen and oxygen atoms in total. The second kappa shape index (κ2) is 27.6. The molecular formula is C55H101BrO5Si. The quantitative estimate of drug-likeness (QED) is 0.0233. The highest BCUT2D eigenvalue weighted by Crippen LogP contribution is 2.69. The van der Waals surface area contributed by atoms with E-state index in [0.29, 0.717) is 22.7 Å². The first-order valence-electron chi connectivity index (χ1n) is 27.0. The summed E-state index contributed by atoms with van der Waals surface area (Å²) < 4.78 is 20.0. The number of halogens is 1. The molecule has 4 aliphatic rings. The standard InChI is InChI=1S/C55H101BrO5Si/c1-9-10-11-12-13-14-15-16-17-18-19-20-21-22-24-27-40-59-51(61-62(7,8)60-41-28-25-23-26-39-56)34-29-44(2)48-32-33-49-47-31-30-46-42-45(43-53(3,4)52(57)58)35-37-54(46,5)50(47)36-38-55(48,49)6/h16-17,44-51H,9-15,18-43H2,1-8H3,(H,57,58)/b17-16-/t44-,45-,46?,47?,48?,49?,50?,51?,54+,55-/m1/s1. The maximum Gasteiger partial charge on any atom is 0.333 e. The average Bonchev–Trinajstić information content (AvgIpc) is 3.59. The third kappa shape index (κ3) is 16.8. The molecule has 7 heteroatoms. The van der Waals surface area contributed by atoms with Crippen molar-refractivity contribution in [2.45, 2.75) is 254 Å². The number of allylic oxidation sites excluding steroid dienone is 2. The van der Waals surface area contributed by atoms with E-state index in [2.05, 4.69) is 68.9 Å². The van der Waals surface area contributed by atoms with Crippen molar-refractivity contribution < 1.29 is 23.5 Å². The van der Waals surface area contributed by atoms with Crippen LogP contribution in [-0.4, -0.2) is 44.5 Å². The number of carboxylic acid groups (broad SMARTS) is 1. The molecule has 0 aromatic carbocycles.